The van der Waals surface area contributed by atoms with Crippen LogP contribution in [-0.4, -0.2) is 73.1 Å². The van der Waals surface area contributed by atoms with Gasteiger partial charge in [-0.1, -0.05) is 26.0 Å². The Labute approximate surface area is 198 Å². The number of carbonyl (C=O) groups excluding carboxylic acids is 1. The fourth-order valence-corrected chi connectivity index (χ4v) is 5.38. The minimum Gasteiger partial charge on any atom is -0.366 e. The van der Waals surface area contributed by atoms with Crippen molar-refractivity contribution in [3.63, 3.8) is 0 Å². The van der Waals surface area contributed by atoms with E-state index in [1.54, 1.807) is 12.4 Å². The molecule has 4 rings (SSSR count). The van der Waals surface area contributed by atoms with E-state index in [2.05, 4.69) is 43.8 Å². The van der Waals surface area contributed by atoms with Gasteiger partial charge in [0.25, 0.3) is 5.91 Å². The van der Waals surface area contributed by atoms with Crippen LogP contribution in [0.15, 0.2) is 30.6 Å². The monoisotopic (exact) mass is 470 g/mol. The molecule has 0 unspecified atom stereocenters. The second-order valence-corrected chi connectivity index (χ2v) is 9.14. The summed E-state index contributed by atoms with van der Waals surface area (Å²) in [5.41, 5.74) is 1.56. The zero-order valence-corrected chi connectivity index (χ0v) is 20.3. The van der Waals surface area contributed by atoms with E-state index in [0.717, 1.165) is 54.3 Å². The standard InChI is InChI=1S/C24H31FN6OS/c1-4-29(5-2)11-10-26-23(32)21-17(3)20-22(27-16-28-24(20)33-21)31-14-12-30(13-15-31)19-9-7-6-8-18(19)25/h6-9,16H,4-5,10-15H2,1-3H3,(H,26,32). The van der Waals surface area contributed by atoms with Crippen LogP contribution in [0.4, 0.5) is 15.9 Å². The number of aryl methyl sites for hydroxylation is 1. The molecule has 1 amide bonds. The number of rotatable bonds is 8. The summed E-state index contributed by atoms with van der Waals surface area (Å²) >= 11 is 1.42. The van der Waals surface area contributed by atoms with E-state index in [4.69, 9.17) is 0 Å². The zero-order valence-electron chi connectivity index (χ0n) is 19.5. The molecular formula is C24H31FN6OS. The molecule has 1 saturated heterocycles. The van der Waals surface area contributed by atoms with Crippen LogP contribution in [0.25, 0.3) is 10.2 Å². The average Bonchev–Trinajstić information content (AvgIpc) is 3.19. The van der Waals surface area contributed by atoms with E-state index in [-0.39, 0.29) is 11.7 Å². The van der Waals surface area contributed by atoms with Crippen LogP contribution >= 0.6 is 11.3 Å². The predicted molar refractivity (Wildman–Crippen MR) is 133 cm³/mol. The van der Waals surface area contributed by atoms with Gasteiger partial charge in [0, 0.05) is 39.3 Å². The highest BCUT2D eigenvalue weighted by Gasteiger charge is 2.25. The van der Waals surface area contributed by atoms with Gasteiger partial charge in [0.2, 0.25) is 0 Å². The smallest absolute Gasteiger partial charge is 0.261 e. The Kier molecular flexibility index (Phi) is 7.39. The van der Waals surface area contributed by atoms with Crippen LogP contribution in [0, 0.1) is 12.7 Å². The average molecular weight is 471 g/mol. The van der Waals surface area contributed by atoms with Gasteiger partial charge in [-0.25, -0.2) is 14.4 Å². The van der Waals surface area contributed by atoms with Crippen molar-refractivity contribution in [2.45, 2.75) is 20.8 Å². The summed E-state index contributed by atoms with van der Waals surface area (Å²) in [4.78, 5) is 30.0. The Hall–Kier alpha value is -2.78. The molecule has 9 heteroatoms. The molecule has 1 N–H and O–H groups in total. The summed E-state index contributed by atoms with van der Waals surface area (Å²) in [5.74, 6) is 0.600. The van der Waals surface area contributed by atoms with Gasteiger partial charge >= 0.3 is 0 Å². The molecule has 1 aromatic carbocycles. The van der Waals surface area contributed by atoms with Gasteiger partial charge in [-0.2, -0.15) is 0 Å². The number of fused-ring (bicyclic) bond motifs is 1. The number of carbonyl (C=O) groups is 1. The van der Waals surface area contributed by atoms with Crippen molar-refractivity contribution in [1.82, 2.24) is 20.2 Å². The zero-order chi connectivity index (χ0) is 23.4. The molecule has 0 bridgehead atoms. The number of anilines is 2. The van der Waals surface area contributed by atoms with E-state index < -0.39 is 0 Å². The SMILES string of the molecule is CCN(CC)CCNC(=O)c1sc2ncnc(N3CCN(c4ccccc4F)CC3)c2c1C. The van der Waals surface area contributed by atoms with Crippen LogP contribution in [0.5, 0.6) is 0 Å². The normalized spacial score (nSPS) is 14.3. The number of nitrogens with zero attached hydrogens (tertiary/aromatic N) is 5. The molecule has 3 aromatic rings. The lowest BCUT2D eigenvalue weighted by Gasteiger charge is -2.37. The van der Waals surface area contributed by atoms with Crippen LogP contribution in [0.3, 0.4) is 0 Å². The Balaban J connectivity index is 1.49. The topological polar surface area (TPSA) is 64.6 Å². The number of aromatic nitrogens is 2. The molecule has 3 heterocycles. The molecule has 0 spiro atoms. The molecule has 0 atom stereocenters. The van der Waals surface area contributed by atoms with Crippen LogP contribution < -0.4 is 15.1 Å². The maximum atomic E-state index is 14.2. The highest BCUT2D eigenvalue weighted by atomic mass is 32.1. The van der Waals surface area contributed by atoms with Crippen molar-refractivity contribution < 1.29 is 9.18 Å². The highest BCUT2D eigenvalue weighted by molar-refractivity contribution is 7.20. The Morgan fingerprint density at radius 1 is 1.12 bits per heavy atom. The molecule has 33 heavy (non-hydrogen) atoms. The molecule has 7 nitrogen and oxygen atoms in total. The minimum atomic E-state index is -0.194. The number of nitrogens with one attached hydrogen (secondary N) is 1. The van der Waals surface area contributed by atoms with Crippen molar-refractivity contribution in [3.8, 4) is 0 Å². The number of halogens is 1. The fourth-order valence-electron chi connectivity index (χ4n) is 4.32. The molecular weight excluding hydrogens is 439 g/mol. The van der Waals surface area contributed by atoms with E-state index in [9.17, 15) is 9.18 Å². The summed E-state index contributed by atoms with van der Waals surface area (Å²) in [6.45, 7) is 12.5. The predicted octanol–water partition coefficient (Wildman–Crippen LogP) is 3.54. The number of thiophene rings is 1. The lowest BCUT2D eigenvalue weighted by atomic mass is 10.1. The number of likely N-dealkylation sites (N-methyl/N-ethyl adjacent to an activating group) is 1. The molecule has 1 aliphatic heterocycles. The maximum absolute atomic E-state index is 14.2. The number of amides is 1. The molecule has 0 radical (unpaired) electrons. The highest BCUT2D eigenvalue weighted by Crippen LogP contribution is 2.35. The second kappa shape index (κ2) is 10.4. The van der Waals surface area contributed by atoms with Gasteiger partial charge in [-0.3, -0.25) is 4.79 Å². The summed E-state index contributed by atoms with van der Waals surface area (Å²) in [6.07, 6.45) is 1.57. The molecule has 0 saturated carbocycles. The summed E-state index contributed by atoms with van der Waals surface area (Å²) in [6, 6.07) is 6.90. The van der Waals surface area contributed by atoms with E-state index in [0.29, 0.717) is 30.2 Å². The second-order valence-electron chi connectivity index (χ2n) is 8.14. The number of para-hydroxylation sites is 1. The minimum absolute atomic E-state index is 0.0574. The summed E-state index contributed by atoms with van der Waals surface area (Å²) < 4.78 is 14.2. The van der Waals surface area contributed by atoms with Crippen molar-refractivity contribution >= 4 is 39.0 Å². The molecule has 0 aliphatic carbocycles. The van der Waals surface area contributed by atoms with Gasteiger partial charge in [0.15, 0.2) is 0 Å². The lowest BCUT2D eigenvalue weighted by Crippen LogP contribution is -2.47. The van der Waals surface area contributed by atoms with Gasteiger partial charge in [0.05, 0.1) is 16.0 Å². The van der Waals surface area contributed by atoms with Crippen LogP contribution in [0.1, 0.15) is 29.1 Å². The van der Waals surface area contributed by atoms with Crippen molar-refractivity contribution in [3.05, 3.63) is 46.9 Å². The van der Waals surface area contributed by atoms with Crippen molar-refractivity contribution in [2.75, 3.05) is 62.2 Å². The summed E-state index contributed by atoms with van der Waals surface area (Å²) in [7, 11) is 0. The fraction of sp³-hybridized carbons (Fsp3) is 0.458. The maximum Gasteiger partial charge on any atom is 0.261 e. The first-order valence-corrected chi connectivity index (χ1v) is 12.3. The van der Waals surface area contributed by atoms with Gasteiger partial charge in [0.1, 0.15) is 22.8 Å². The lowest BCUT2D eigenvalue weighted by molar-refractivity contribution is 0.0952. The third-order valence-corrected chi connectivity index (χ3v) is 7.49. The van der Waals surface area contributed by atoms with Crippen molar-refractivity contribution in [1.29, 1.82) is 0 Å². The third kappa shape index (κ3) is 4.94. The Morgan fingerprint density at radius 3 is 2.52 bits per heavy atom. The first-order valence-electron chi connectivity index (χ1n) is 11.5. The number of piperazine rings is 1. The quantitative estimate of drug-likeness (QED) is 0.543. The number of hydrogen-bond donors (Lipinski definition) is 1. The van der Waals surface area contributed by atoms with Crippen LogP contribution in [-0.2, 0) is 0 Å². The van der Waals surface area contributed by atoms with Crippen LogP contribution in [0.2, 0.25) is 0 Å². The Bertz CT molecular complexity index is 1110. The number of benzene rings is 1. The number of hydrogen-bond acceptors (Lipinski definition) is 7. The molecule has 1 fully saturated rings. The van der Waals surface area contributed by atoms with Gasteiger partial charge in [-0.05, 0) is 37.7 Å². The van der Waals surface area contributed by atoms with E-state index in [1.807, 2.05) is 19.1 Å². The first kappa shape index (κ1) is 23.4. The Morgan fingerprint density at radius 2 is 1.82 bits per heavy atom. The summed E-state index contributed by atoms with van der Waals surface area (Å²) in [5, 5.41) is 3.99. The van der Waals surface area contributed by atoms with Gasteiger partial charge < -0.3 is 20.0 Å². The van der Waals surface area contributed by atoms with Crippen molar-refractivity contribution in [2.24, 2.45) is 0 Å². The first-order chi connectivity index (χ1) is 16.0. The molecule has 2 aromatic heterocycles. The van der Waals surface area contributed by atoms with E-state index >= 15 is 0 Å². The third-order valence-electron chi connectivity index (χ3n) is 6.29. The van der Waals surface area contributed by atoms with Gasteiger partial charge in [-0.15, -0.1) is 11.3 Å². The largest absolute Gasteiger partial charge is 0.366 e. The molecule has 176 valence electrons. The van der Waals surface area contributed by atoms with E-state index in [1.165, 1.54) is 17.4 Å². The molecule has 1 aliphatic rings.